The largest absolute Gasteiger partial charge is 0.485 e. The number of hydrogen-bond acceptors (Lipinski definition) is 3. The molecule has 1 unspecified atom stereocenters. The van der Waals surface area contributed by atoms with Crippen molar-refractivity contribution in [2.24, 2.45) is 5.73 Å². The highest BCUT2D eigenvalue weighted by Gasteiger charge is 2.27. The zero-order valence-electron chi connectivity index (χ0n) is 9.71. The Balaban J connectivity index is 1.95. The van der Waals surface area contributed by atoms with Crippen LogP contribution in [0.1, 0.15) is 29.7 Å². The molecule has 1 aliphatic heterocycles. The Kier molecular flexibility index (Phi) is 2.72. The molecule has 2 heterocycles. The van der Waals surface area contributed by atoms with Crippen molar-refractivity contribution in [2.75, 3.05) is 0 Å². The van der Waals surface area contributed by atoms with Crippen LogP contribution in [0, 0.1) is 5.82 Å². The third-order valence-corrected chi connectivity index (χ3v) is 3.16. The van der Waals surface area contributed by atoms with Gasteiger partial charge in [-0.25, -0.2) is 4.39 Å². The second-order valence-electron chi connectivity index (χ2n) is 4.42. The summed E-state index contributed by atoms with van der Waals surface area (Å²) in [5, 5.41) is 0. The molecule has 1 aromatic carbocycles. The smallest absolute Gasteiger partial charge is 0.127 e. The Morgan fingerprint density at radius 1 is 1.33 bits per heavy atom. The molecule has 3 nitrogen and oxygen atoms in total. The van der Waals surface area contributed by atoms with Crippen LogP contribution in [0.15, 0.2) is 42.7 Å². The second-order valence-corrected chi connectivity index (χ2v) is 4.42. The summed E-state index contributed by atoms with van der Waals surface area (Å²) in [4.78, 5) is 4.07. The molecule has 0 spiro atoms. The number of aromatic nitrogens is 1. The van der Waals surface area contributed by atoms with Gasteiger partial charge in [-0.05, 0) is 24.3 Å². The zero-order valence-corrected chi connectivity index (χ0v) is 9.71. The van der Waals surface area contributed by atoms with Crippen LogP contribution < -0.4 is 10.5 Å². The van der Waals surface area contributed by atoms with Crippen molar-refractivity contribution >= 4 is 0 Å². The SMILES string of the molecule is N[C@H]1CC(c2cccnc2)Oc2ccc(F)cc21. The number of hydrogen-bond donors (Lipinski definition) is 1. The summed E-state index contributed by atoms with van der Waals surface area (Å²) in [6, 6.07) is 8.07. The number of fused-ring (bicyclic) bond motifs is 1. The van der Waals surface area contributed by atoms with Crippen molar-refractivity contribution < 1.29 is 9.13 Å². The molecule has 2 N–H and O–H groups in total. The van der Waals surface area contributed by atoms with Crippen molar-refractivity contribution in [3.8, 4) is 5.75 Å². The van der Waals surface area contributed by atoms with E-state index in [1.165, 1.54) is 12.1 Å². The summed E-state index contributed by atoms with van der Waals surface area (Å²) >= 11 is 0. The maximum Gasteiger partial charge on any atom is 0.127 e. The van der Waals surface area contributed by atoms with Crippen molar-refractivity contribution in [3.05, 3.63) is 59.7 Å². The number of benzene rings is 1. The first-order chi connectivity index (χ1) is 8.74. The van der Waals surface area contributed by atoms with Gasteiger partial charge in [0, 0.05) is 36.0 Å². The molecule has 4 heteroatoms. The lowest BCUT2D eigenvalue weighted by atomic mass is 9.94. The number of rotatable bonds is 1. The molecule has 0 bridgehead atoms. The molecular formula is C14H13FN2O. The van der Waals surface area contributed by atoms with Crippen LogP contribution in [-0.2, 0) is 0 Å². The minimum atomic E-state index is -0.285. The summed E-state index contributed by atoms with van der Waals surface area (Å²) in [6.07, 6.45) is 4.00. The van der Waals surface area contributed by atoms with E-state index < -0.39 is 0 Å². The van der Waals surface area contributed by atoms with Gasteiger partial charge < -0.3 is 10.5 Å². The first-order valence-corrected chi connectivity index (χ1v) is 5.85. The van der Waals surface area contributed by atoms with Gasteiger partial charge in [0.05, 0.1) is 0 Å². The Hall–Kier alpha value is -1.94. The monoisotopic (exact) mass is 244 g/mol. The van der Waals surface area contributed by atoms with Crippen LogP contribution in [0.2, 0.25) is 0 Å². The fourth-order valence-electron chi connectivity index (χ4n) is 2.25. The summed E-state index contributed by atoms with van der Waals surface area (Å²) in [5.41, 5.74) is 7.80. The number of nitrogens with two attached hydrogens (primary N) is 1. The molecule has 1 aromatic heterocycles. The molecule has 2 aromatic rings. The molecule has 0 radical (unpaired) electrons. The lowest BCUT2D eigenvalue weighted by molar-refractivity contribution is 0.161. The van der Waals surface area contributed by atoms with Gasteiger partial charge in [0.15, 0.2) is 0 Å². The molecule has 0 saturated heterocycles. The van der Waals surface area contributed by atoms with E-state index in [1.807, 2.05) is 12.1 Å². The third-order valence-electron chi connectivity index (χ3n) is 3.16. The van der Waals surface area contributed by atoms with Crippen LogP contribution in [0.4, 0.5) is 4.39 Å². The highest BCUT2D eigenvalue weighted by Crippen LogP contribution is 2.39. The molecular weight excluding hydrogens is 231 g/mol. The molecule has 0 fully saturated rings. The van der Waals surface area contributed by atoms with Crippen LogP contribution in [0.3, 0.4) is 0 Å². The minimum absolute atomic E-state index is 0.119. The fourth-order valence-corrected chi connectivity index (χ4v) is 2.25. The van der Waals surface area contributed by atoms with E-state index >= 15 is 0 Å². The number of halogens is 1. The third kappa shape index (κ3) is 1.95. The average molecular weight is 244 g/mol. The Bertz CT molecular complexity index is 559. The van der Waals surface area contributed by atoms with Crippen LogP contribution in [0.5, 0.6) is 5.75 Å². The van der Waals surface area contributed by atoms with Crippen molar-refractivity contribution in [1.29, 1.82) is 0 Å². The summed E-state index contributed by atoms with van der Waals surface area (Å²) < 4.78 is 19.0. The van der Waals surface area contributed by atoms with E-state index in [-0.39, 0.29) is 18.0 Å². The van der Waals surface area contributed by atoms with Gasteiger partial charge in [-0.3, -0.25) is 4.98 Å². The standard InChI is InChI=1S/C14H13FN2O/c15-10-3-4-13-11(6-10)12(16)7-14(18-13)9-2-1-5-17-8-9/h1-6,8,12,14H,7,16H2/t12-,14?/m0/s1. The first-order valence-electron chi connectivity index (χ1n) is 5.85. The Morgan fingerprint density at radius 3 is 3.00 bits per heavy atom. The maximum atomic E-state index is 13.2. The second kappa shape index (κ2) is 4.38. The van der Waals surface area contributed by atoms with Crippen LogP contribution >= 0.6 is 0 Å². The number of nitrogens with zero attached hydrogens (tertiary/aromatic N) is 1. The van der Waals surface area contributed by atoms with E-state index in [1.54, 1.807) is 18.5 Å². The molecule has 3 rings (SSSR count). The predicted octanol–water partition coefficient (Wildman–Crippen LogP) is 2.74. The van der Waals surface area contributed by atoms with Gasteiger partial charge in [0.2, 0.25) is 0 Å². The number of ether oxygens (including phenoxy) is 1. The zero-order chi connectivity index (χ0) is 12.5. The Labute approximate surface area is 104 Å². The van der Waals surface area contributed by atoms with Gasteiger partial charge in [-0.15, -0.1) is 0 Å². The number of pyridine rings is 1. The molecule has 0 saturated carbocycles. The molecule has 18 heavy (non-hydrogen) atoms. The highest BCUT2D eigenvalue weighted by molar-refractivity contribution is 5.39. The molecule has 92 valence electrons. The fraction of sp³-hybridized carbons (Fsp3) is 0.214. The van der Waals surface area contributed by atoms with Crippen molar-refractivity contribution in [3.63, 3.8) is 0 Å². The van der Waals surface area contributed by atoms with E-state index in [2.05, 4.69) is 4.98 Å². The van der Waals surface area contributed by atoms with E-state index in [9.17, 15) is 4.39 Å². The molecule has 0 aliphatic carbocycles. The lowest BCUT2D eigenvalue weighted by Gasteiger charge is -2.30. The Morgan fingerprint density at radius 2 is 2.22 bits per heavy atom. The quantitative estimate of drug-likeness (QED) is 0.839. The van der Waals surface area contributed by atoms with E-state index in [4.69, 9.17) is 10.5 Å². The van der Waals surface area contributed by atoms with Crippen LogP contribution in [0.25, 0.3) is 0 Å². The summed E-state index contributed by atoms with van der Waals surface area (Å²) in [5.74, 6) is 0.372. The van der Waals surface area contributed by atoms with E-state index in [0.717, 1.165) is 11.1 Å². The molecule has 1 aliphatic rings. The van der Waals surface area contributed by atoms with Crippen molar-refractivity contribution in [2.45, 2.75) is 18.6 Å². The van der Waals surface area contributed by atoms with Crippen molar-refractivity contribution in [1.82, 2.24) is 4.98 Å². The molecule has 0 amide bonds. The summed E-state index contributed by atoms with van der Waals surface area (Å²) in [7, 11) is 0. The predicted molar refractivity (Wildman–Crippen MR) is 65.6 cm³/mol. The van der Waals surface area contributed by atoms with E-state index in [0.29, 0.717) is 12.2 Å². The minimum Gasteiger partial charge on any atom is -0.485 e. The first kappa shape index (κ1) is 11.2. The normalized spacial score (nSPS) is 22.1. The van der Waals surface area contributed by atoms with Gasteiger partial charge in [0.1, 0.15) is 17.7 Å². The van der Waals surface area contributed by atoms with Gasteiger partial charge in [0.25, 0.3) is 0 Å². The molecule has 2 atom stereocenters. The maximum absolute atomic E-state index is 13.2. The lowest BCUT2D eigenvalue weighted by Crippen LogP contribution is -2.24. The topological polar surface area (TPSA) is 48.1 Å². The van der Waals surface area contributed by atoms with Gasteiger partial charge in [-0.2, -0.15) is 0 Å². The summed E-state index contributed by atoms with van der Waals surface area (Å²) in [6.45, 7) is 0. The van der Waals surface area contributed by atoms with Gasteiger partial charge >= 0.3 is 0 Å². The van der Waals surface area contributed by atoms with Crippen LogP contribution in [-0.4, -0.2) is 4.98 Å². The highest BCUT2D eigenvalue weighted by atomic mass is 19.1. The average Bonchev–Trinajstić information content (AvgIpc) is 2.40. The van der Waals surface area contributed by atoms with Gasteiger partial charge in [-0.1, -0.05) is 6.07 Å².